The van der Waals surface area contributed by atoms with Crippen LogP contribution in [0.4, 0.5) is 0 Å². The first-order valence-corrected chi connectivity index (χ1v) is 8.80. The van der Waals surface area contributed by atoms with E-state index < -0.39 is 17.8 Å². The molecule has 7 heteroatoms. The number of ketones is 1. The van der Waals surface area contributed by atoms with Gasteiger partial charge in [-0.05, 0) is 36.8 Å². The van der Waals surface area contributed by atoms with Crippen LogP contribution in [0.25, 0.3) is 10.4 Å². The van der Waals surface area contributed by atoms with E-state index in [0.717, 1.165) is 15.3 Å². The van der Waals surface area contributed by atoms with Gasteiger partial charge in [0, 0.05) is 15.5 Å². The largest absolute Gasteiger partial charge is 0.463 e. The number of hydrogen-bond acceptors (Lipinski definition) is 5. The molecule has 2 N–H and O–H groups in total. The highest BCUT2D eigenvalue weighted by atomic mass is 32.1. The Morgan fingerprint density at radius 3 is 2.56 bits per heavy atom. The summed E-state index contributed by atoms with van der Waals surface area (Å²) in [6, 6.07) is 13.4. The summed E-state index contributed by atoms with van der Waals surface area (Å²) in [6.07, 6.45) is 0. The lowest BCUT2D eigenvalue weighted by molar-refractivity contribution is -0.150. The molecule has 0 saturated heterocycles. The molecule has 0 spiro atoms. The van der Waals surface area contributed by atoms with Crippen molar-refractivity contribution < 1.29 is 14.3 Å². The number of ether oxygens (including phenoxy) is 1. The minimum absolute atomic E-state index is 0.321. The molecule has 0 fully saturated rings. The molecule has 2 aromatic rings. The van der Waals surface area contributed by atoms with Gasteiger partial charge in [-0.3, -0.25) is 4.79 Å². The number of methoxy groups -OCH3 is 1. The Bertz CT molecular complexity index is 871. The van der Waals surface area contributed by atoms with Crippen LogP contribution in [0, 0.1) is 0 Å². The first-order valence-electron chi connectivity index (χ1n) is 7.57. The van der Waals surface area contributed by atoms with Crippen LogP contribution in [0.1, 0.15) is 17.8 Å². The molecule has 25 heavy (non-hydrogen) atoms. The molecule has 1 aromatic heterocycles. The minimum Gasteiger partial charge on any atom is -0.463 e. The Morgan fingerprint density at radius 2 is 1.88 bits per heavy atom. The van der Waals surface area contributed by atoms with Crippen molar-refractivity contribution in [1.82, 2.24) is 10.6 Å². The van der Waals surface area contributed by atoms with Crippen molar-refractivity contribution in [3.63, 3.8) is 0 Å². The normalized spacial score (nSPS) is 16.9. The van der Waals surface area contributed by atoms with Crippen LogP contribution < -0.4 is 10.6 Å². The van der Waals surface area contributed by atoms with Crippen LogP contribution in [0.15, 0.2) is 53.7 Å². The zero-order chi connectivity index (χ0) is 18.0. The van der Waals surface area contributed by atoms with Crippen molar-refractivity contribution in [2.75, 3.05) is 7.11 Å². The Kier molecular flexibility index (Phi) is 4.96. The Morgan fingerprint density at radius 1 is 1.16 bits per heavy atom. The lowest BCUT2D eigenvalue weighted by Gasteiger charge is -2.28. The number of rotatable bonds is 4. The molecule has 0 bridgehead atoms. The van der Waals surface area contributed by atoms with Gasteiger partial charge in [-0.25, -0.2) is 4.79 Å². The average molecular weight is 372 g/mol. The molecular weight excluding hydrogens is 356 g/mol. The summed E-state index contributed by atoms with van der Waals surface area (Å²) in [5.41, 5.74) is 1.97. The first-order chi connectivity index (χ1) is 12.0. The van der Waals surface area contributed by atoms with E-state index in [2.05, 4.69) is 15.4 Å². The molecule has 1 atom stereocenters. The zero-order valence-corrected chi connectivity index (χ0v) is 15.3. The van der Waals surface area contributed by atoms with Gasteiger partial charge in [0.05, 0.1) is 18.7 Å². The number of carbonyl (C=O) groups excluding carboxylic acids is 2. The maximum Gasteiger partial charge on any atom is 0.379 e. The smallest absolute Gasteiger partial charge is 0.379 e. The third kappa shape index (κ3) is 3.47. The highest BCUT2D eigenvalue weighted by Crippen LogP contribution is 2.36. The van der Waals surface area contributed by atoms with Gasteiger partial charge < -0.3 is 15.4 Å². The quantitative estimate of drug-likeness (QED) is 0.489. The second-order valence-corrected chi connectivity index (χ2v) is 6.98. The Balaban J connectivity index is 2.00. The van der Waals surface area contributed by atoms with Crippen molar-refractivity contribution in [3.8, 4) is 10.4 Å². The molecule has 128 valence electrons. The van der Waals surface area contributed by atoms with E-state index >= 15 is 0 Å². The minimum atomic E-state index is -0.893. The van der Waals surface area contributed by atoms with E-state index in [-0.39, 0.29) is 0 Å². The van der Waals surface area contributed by atoms with Crippen molar-refractivity contribution in [3.05, 3.63) is 58.6 Å². The Hall–Kier alpha value is -2.51. The summed E-state index contributed by atoms with van der Waals surface area (Å²) < 4.78 is 4.59. The summed E-state index contributed by atoms with van der Waals surface area (Å²) in [7, 11) is 1.19. The van der Waals surface area contributed by atoms with Gasteiger partial charge in [0.1, 0.15) is 0 Å². The van der Waals surface area contributed by atoms with Gasteiger partial charge in [-0.2, -0.15) is 0 Å². The number of hydrogen-bond donors (Lipinski definition) is 2. The van der Waals surface area contributed by atoms with Gasteiger partial charge in [0.25, 0.3) is 5.78 Å². The maximum atomic E-state index is 12.5. The van der Waals surface area contributed by atoms with Crippen LogP contribution in [0.2, 0.25) is 0 Å². The number of thiophene rings is 1. The van der Waals surface area contributed by atoms with Gasteiger partial charge in [-0.15, -0.1) is 11.3 Å². The number of Topliss-reactive ketones (excluding diaryl/α,β-unsaturated/α-hetero) is 1. The number of benzene rings is 1. The molecule has 0 unspecified atom stereocenters. The third-order valence-electron chi connectivity index (χ3n) is 3.85. The van der Waals surface area contributed by atoms with Gasteiger partial charge in [-0.1, -0.05) is 30.3 Å². The third-order valence-corrected chi connectivity index (χ3v) is 5.27. The number of carbonyl (C=O) groups is 2. The first kappa shape index (κ1) is 17.3. The SMILES string of the molecule is COC(=O)C(=O)C1=C(C)NC(=S)N[C@@H]1c1ccc(-c2ccccc2)s1. The topological polar surface area (TPSA) is 67.4 Å². The van der Waals surface area contributed by atoms with Gasteiger partial charge in [0.15, 0.2) is 5.11 Å². The summed E-state index contributed by atoms with van der Waals surface area (Å²) in [5, 5.41) is 6.40. The number of thiocarbonyl (C=S) groups is 1. The predicted molar refractivity (Wildman–Crippen MR) is 101 cm³/mol. The summed E-state index contributed by atoms with van der Waals surface area (Å²) in [5.74, 6) is -1.57. The van der Waals surface area contributed by atoms with Crippen LogP contribution >= 0.6 is 23.6 Å². The molecule has 1 aromatic carbocycles. The zero-order valence-electron chi connectivity index (χ0n) is 13.7. The van der Waals surface area contributed by atoms with Crippen molar-refractivity contribution >= 4 is 40.4 Å². The maximum absolute atomic E-state index is 12.5. The molecule has 3 rings (SSSR count). The molecule has 0 aliphatic carbocycles. The second kappa shape index (κ2) is 7.16. The van der Waals surface area contributed by atoms with E-state index in [1.807, 2.05) is 42.5 Å². The average Bonchev–Trinajstić information content (AvgIpc) is 3.10. The summed E-state index contributed by atoms with van der Waals surface area (Å²) >= 11 is 6.76. The fourth-order valence-corrected chi connectivity index (χ4v) is 4.02. The lowest BCUT2D eigenvalue weighted by Crippen LogP contribution is -2.45. The molecule has 0 amide bonds. The molecule has 5 nitrogen and oxygen atoms in total. The van der Waals surface area contributed by atoms with Gasteiger partial charge in [0.2, 0.25) is 0 Å². The summed E-state index contributed by atoms with van der Waals surface area (Å²) in [4.78, 5) is 26.2. The van der Waals surface area contributed by atoms with Crippen LogP contribution in [-0.2, 0) is 14.3 Å². The van der Waals surface area contributed by atoms with Crippen LogP contribution in [0.3, 0.4) is 0 Å². The predicted octanol–water partition coefficient (Wildman–Crippen LogP) is 2.95. The molecular formula is C18H16N2O3S2. The van der Waals surface area contributed by atoms with Crippen molar-refractivity contribution in [2.45, 2.75) is 13.0 Å². The van der Waals surface area contributed by atoms with E-state index in [9.17, 15) is 9.59 Å². The highest BCUT2D eigenvalue weighted by molar-refractivity contribution is 7.80. The second-order valence-electron chi connectivity index (χ2n) is 5.46. The molecule has 0 saturated carbocycles. The van der Waals surface area contributed by atoms with Crippen LogP contribution in [-0.4, -0.2) is 24.0 Å². The molecule has 2 heterocycles. The lowest BCUT2D eigenvalue weighted by atomic mass is 9.97. The Labute approximate surface area is 154 Å². The van der Waals surface area contributed by atoms with Crippen LogP contribution in [0.5, 0.6) is 0 Å². The van der Waals surface area contributed by atoms with Crippen molar-refractivity contribution in [2.24, 2.45) is 0 Å². The number of allylic oxidation sites excluding steroid dienone is 1. The highest BCUT2D eigenvalue weighted by Gasteiger charge is 2.34. The molecule has 0 radical (unpaired) electrons. The van der Waals surface area contributed by atoms with E-state index in [4.69, 9.17) is 12.2 Å². The number of nitrogens with one attached hydrogen (secondary N) is 2. The van der Waals surface area contributed by atoms with E-state index in [0.29, 0.717) is 16.4 Å². The summed E-state index contributed by atoms with van der Waals surface area (Å²) in [6.45, 7) is 1.72. The van der Waals surface area contributed by atoms with Crippen molar-refractivity contribution in [1.29, 1.82) is 0 Å². The fourth-order valence-electron chi connectivity index (χ4n) is 2.68. The number of esters is 1. The van der Waals surface area contributed by atoms with E-state index in [1.54, 1.807) is 18.3 Å². The standard InChI is InChI=1S/C18H16N2O3S2/c1-10-14(16(21)17(22)23-2)15(20-18(24)19-10)13-9-8-12(25-13)11-6-4-3-5-7-11/h3-9,15H,1-2H3,(H2,19,20,24)/t15-/m1/s1. The fraction of sp³-hybridized carbons (Fsp3) is 0.167. The van der Waals surface area contributed by atoms with Gasteiger partial charge >= 0.3 is 5.97 Å². The molecule has 1 aliphatic rings. The van der Waals surface area contributed by atoms with E-state index in [1.165, 1.54) is 7.11 Å². The monoisotopic (exact) mass is 372 g/mol. The molecule has 1 aliphatic heterocycles.